The molecule has 1 aromatic carbocycles. The average Bonchev–Trinajstić information content (AvgIpc) is 2.14. The van der Waals surface area contributed by atoms with Crippen molar-refractivity contribution < 1.29 is 0 Å². The monoisotopic (exact) mass is 230 g/mol. The van der Waals surface area contributed by atoms with Crippen molar-refractivity contribution in [2.45, 2.75) is 32.1 Å². The van der Waals surface area contributed by atoms with Crippen molar-refractivity contribution >= 4 is 23.2 Å². The largest absolute Gasteiger partial charge is 0.123 e. The summed E-state index contributed by atoms with van der Waals surface area (Å²) >= 11 is 12.0. The van der Waals surface area contributed by atoms with Crippen molar-refractivity contribution in [3.63, 3.8) is 0 Å². The number of hydrogen-bond acceptors (Lipinski definition) is 0. The van der Waals surface area contributed by atoms with Crippen LogP contribution in [-0.4, -0.2) is 5.38 Å². The van der Waals surface area contributed by atoms with E-state index >= 15 is 0 Å². The maximum Gasteiger partial charge on any atom is 0.0408 e. The van der Waals surface area contributed by atoms with Crippen LogP contribution in [0.4, 0.5) is 0 Å². The topological polar surface area (TPSA) is 0 Å². The van der Waals surface area contributed by atoms with Gasteiger partial charge >= 0.3 is 0 Å². The Morgan fingerprint density at radius 2 is 2.07 bits per heavy atom. The van der Waals surface area contributed by atoms with Gasteiger partial charge in [-0.3, -0.25) is 0 Å². The Hall–Kier alpha value is -0.200. The maximum absolute atomic E-state index is 6.10. The number of halogens is 2. The molecule has 0 heterocycles. The van der Waals surface area contributed by atoms with Crippen LogP contribution >= 0.6 is 23.2 Å². The van der Waals surface area contributed by atoms with Crippen LogP contribution in [0, 0.1) is 5.92 Å². The lowest BCUT2D eigenvalue weighted by Gasteiger charge is -2.17. The highest BCUT2D eigenvalue weighted by molar-refractivity contribution is 6.30. The van der Waals surface area contributed by atoms with E-state index in [1.54, 1.807) is 0 Å². The molecule has 14 heavy (non-hydrogen) atoms. The molecule has 0 aliphatic heterocycles. The van der Waals surface area contributed by atoms with Crippen LogP contribution in [-0.2, 0) is 6.42 Å². The van der Waals surface area contributed by atoms with Crippen molar-refractivity contribution in [3.8, 4) is 0 Å². The van der Waals surface area contributed by atoms with Crippen LogP contribution in [0.15, 0.2) is 24.3 Å². The third-order valence-corrected chi connectivity index (χ3v) is 3.15. The SMILES string of the molecule is CCC(Cc1cccc(Cl)c1)C(C)Cl. The van der Waals surface area contributed by atoms with Crippen LogP contribution < -0.4 is 0 Å². The number of benzene rings is 1. The van der Waals surface area contributed by atoms with E-state index in [-0.39, 0.29) is 5.38 Å². The van der Waals surface area contributed by atoms with E-state index in [2.05, 4.69) is 19.9 Å². The molecule has 2 heteroatoms. The Bertz CT molecular complexity index is 281. The summed E-state index contributed by atoms with van der Waals surface area (Å²) in [7, 11) is 0. The highest BCUT2D eigenvalue weighted by Gasteiger charge is 2.13. The zero-order valence-corrected chi connectivity index (χ0v) is 10.1. The second-order valence-corrected chi connectivity index (χ2v) is 4.80. The number of hydrogen-bond donors (Lipinski definition) is 0. The Morgan fingerprint density at radius 1 is 1.36 bits per heavy atom. The van der Waals surface area contributed by atoms with Gasteiger partial charge in [-0.1, -0.05) is 37.1 Å². The van der Waals surface area contributed by atoms with Crippen LogP contribution in [0.25, 0.3) is 0 Å². The summed E-state index contributed by atoms with van der Waals surface area (Å²) < 4.78 is 0. The molecule has 0 saturated carbocycles. The minimum absolute atomic E-state index is 0.221. The predicted octanol–water partition coefficient (Wildman–Crippen LogP) is 4.54. The van der Waals surface area contributed by atoms with E-state index in [1.807, 2.05) is 18.2 Å². The van der Waals surface area contributed by atoms with Gasteiger partial charge in [-0.15, -0.1) is 11.6 Å². The molecule has 0 aliphatic carbocycles. The first-order valence-electron chi connectivity index (χ1n) is 5.02. The number of alkyl halides is 1. The van der Waals surface area contributed by atoms with Gasteiger partial charge in [0.1, 0.15) is 0 Å². The Balaban J connectivity index is 2.67. The fraction of sp³-hybridized carbons (Fsp3) is 0.500. The molecule has 2 unspecified atom stereocenters. The van der Waals surface area contributed by atoms with Crippen molar-refractivity contribution in [1.29, 1.82) is 0 Å². The van der Waals surface area contributed by atoms with Gasteiger partial charge in [0, 0.05) is 10.4 Å². The zero-order chi connectivity index (χ0) is 10.6. The lowest BCUT2D eigenvalue weighted by Crippen LogP contribution is -2.13. The van der Waals surface area contributed by atoms with E-state index in [0.29, 0.717) is 5.92 Å². The summed E-state index contributed by atoms with van der Waals surface area (Å²) in [6.45, 7) is 4.23. The van der Waals surface area contributed by atoms with Gasteiger partial charge in [-0.25, -0.2) is 0 Å². The molecule has 2 atom stereocenters. The Kier molecular flexibility index (Phi) is 4.77. The molecule has 0 aliphatic rings. The number of rotatable bonds is 4. The first-order chi connectivity index (χ1) is 6.63. The quantitative estimate of drug-likeness (QED) is 0.667. The van der Waals surface area contributed by atoms with Gasteiger partial charge in [0.2, 0.25) is 0 Å². The smallest absolute Gasteiger partial charge is 0.0408 e. The van der Waals surface area contributed by atoms with Gasteiger partial charge in [-0.2, -0.15) is 0 Å². The second-order valence-electron chi connectivity index (χ2n) is 3.68. The molecule has 1 aromatic rings. The first kappa shape index (κ1) is 11.9. The van der Waals surface area contributed by atoms with Gasteiger partial charge in [0.15, 0.2) is 0 Å². The Morgan fingerprint density at radius 3 is 2.57 bits per heavy atom. The minimum Gasteiger partial charge on any atom is -0.123 e. The van der Waals surface area contributed by atoms with E-state index in [1.165, 1.54) is 5.56 Å². The van der Waals surface area contributed by atoms with Gasteiger partial charge in [0.05, 0.1) is 0 Å². The van der Waals surface area contributed by atoms with E-state index in [0.717, 1.165) is 17.9 Å². The molecule has 78 valence electrons. The van der Waals surface area contributed by atoms with Crippen LogP contribution in [0.3, 0.4) is 0 Å². The summed E-state index contributed by atoms with van der Waals surface area (Å²) in [5.41, 5.74) is 1.27. The van der Waals surface area contributed by atoms with Crippen LogP contribution in [0.5, 0.6) is 0 Å². The molecule has 0 aromatic heterocycles. The highest BCUT2D eigenvalue weighted by atomic mass is 35.5. The first-order valence-corrected chi connectivity index (χ1v) is 5.83. The third kappa shape index (κ3) is 3.51. The lowest BCUT2D eigenvalue weighted by atomic mass is 9.94. The molecule has 0 spiro atoms. The summed E-state index contributed by atoms with van der Waals surface area (Å²) in [5.74, 6) is 0.537. The third-order valence-electron chi connectivity index (χ3n) is 2.56. The molecule has 0 fully saturated rings. The fourth-order valence-corrected chi connectivity index (χ4v) is 2.08. The van der Waals surface area contributed by atoms with Crippen LogP contribution in [0.1, 0.15) is 25.8 Å². The average molecular weight is 231 g/mol. The highest BCUT2D eigenvalue weighted by Crippen LogP contribution is 2.21. The van der Waals surface area contributed by atoms with Crippen LogP contribution in [0.2, 0.25) is 5.02 Å². The van der Waals surface area contributed by atoms with E-state index in [4.69, 9.17) is 23.2 Å². The molecule has 0 saturated heterocycles. The molecule has 0 amide bonds. The predicted molar refractivity (Wildman–Crippen MR) is 64.3 cm³/mol. The maximum atomic E-state index is 6.10. The summed E-state index contributed by atoms with van der Waals surface area (Å²) in [4.78, 5) is 0. The lowest BCUT2D eigenvalue weighted by molar-refractivity contribution is 0.497. The molecule has 0 nitrogen and oxygen atoms in total. The van der Waals surface area contributed by atoms with Gasteiger partial charge in [-0.05, 0) is 37.0 Å². The Labute approximate surface area is 96.2 Å². The zero-order valence-electron chi connectivity index (χ0n) is 8.63. The molecular weight excluding hydrogens is 215 g/mol. The van der Waals surface area contributed by atoms with Crippen molar-refractivity contribution in [2.75, 3.05) is 0 Å². The van der Waals surface area contributed by atoms with E-state index in [9.17, 15) is 0 Å². The molecular formula is C12H16Cl2. The summed E-state index contributed by atoms with van der Waals surface area (Å²) in [6.07, 6.45) is 2.12. The minimum atomic E-state index is 0.221. The van der Waals surface area contributed by atoms with Crippen molar-refractivity contribution in [1.82, 2.24) is 0 Å². The molecule has 0 N–H and O–H groups in total. The second kappa shape index (κ2) is 5.63. The van der Waals surface area contributed by atoms with E-state index < -0.39 is 0 Å². The van der Waals surface area contributed by atoms with Gasteiger partial charge in [0.25, 0.3) is 0 Å². The fourth-order valence-electron chi connectivity index (χ4n) is 1.60. The molecule has 1 rings (SSSR count). The normalized spacial score (nSPS) is 15.1. The van der Waals surface area contributed by atoms with Crippen molar-refractivity contribution in [2.24, 2.45) is 5.92 Å². The van der Waals surface area contributed by atoms with Crippen molar-refractivity contribution in [3.05, 3.63) is 34.9 Å². The molecule has 0 bridgehead atoms. The summed E-state index contributed by atoms with van der Waals surface area (Å²) in [5, 5.41) is 1.03. The molecule has 0 radical (unpaired) electrons. The standard InChI is InChI=1S/C12H16Cl2/c1-3-11(9(2)13)7-10-5-4-6-12(14)8-10/h4-6,8-9,11H,3,7H2,1-2H3. The van der Waals surface area contributed by atoms with Gasteiger partial charge < -0.3 is 0 Å². The summed E-state index contributed by atoms with van der Waals surface area (Å²) in [6, 6.07) is 8.01.